The van der Waals surface area contributed by atoms with Gasteiger partial charge in [0, 0.05) is 12.8 Å². The van der Waals surface area contributed by atoms with Crippen LogP contribution in [0.3, 0.4) is 0 Å². The van der Waals surface area contributed by atoms with E-state index in [0.717, 1.165) is 25.7 Å². The van der Waals surface area contributed by atoms with E-state index in [1.165, 1.54) is 109 Å². The predicted molar refractivity (Wildman–Crippen MR) is 220 cm³/mol. The van der Waals surface area contributed by atoms with E-state index in [1.807, 2.05) is 39.4 Å². The van der Waals surface area contributed by atoms with Crippen molar-refractivity contribution in [2.24, 2.45) is 0 Å². The van der Waals surface area contributed by atoms with E-state index in [1.54, 1.807) is 0 Å². The summed E-state index contributed by atoms with van der Waals surface area (Å²) in [4.78, 5) is 35.2. The Hall–Kier alpha value is -1.77. The molecule has 0 saturated carbocycles. The quantitative estimate of drug-likeness (QED) is 0.0217. The van der Waals surface area contributed by atoms with Crippen LogP contribution in [0.25, 0.3) is 0 Å². The maximum absolute atomic E-state index is 12.6. The van der Waals surface area contributed by atoms with Gasteiger partial charge in [-0.05, 0) is 44.9 Å². The molecule has 0 aliphatic rings. The van der Waals surface area contributed by atoms with Gasteiger partial charge in [-0.2, -0.15) is 0 Å². The lowest BCUT2D eigenvalue weighted by molar-refractivity contribution is -0.870. The number of allylic oxidation sites excluding steroid dienone is 6. The zero-order valence-corrected chi connectivity index (χ0v) is 35.6. The molecular weight excluding hydrogens is 689 g/mol. The Labute approximate surface area is 325 Å². The average molecular weight is 771 g/mol. The fourth-order valence-electron chi connectivity index (χ4n) is 5.55. The fraction of sp³-hybridized carbons (Fsp3) is 0.814. The van der Waals surface area contributed by atoms with E-state index in [-0.39, 0.29) is 26.1 Å². The van der Waals surface area contributed by atoms with Gasteiger partial charge in [-0.3, -0.25) is 18.6 Å². The number of likely N-dealkylation sites (N-methyl/N-ethyl adjacent to an activating group) is 1. The molecule has 53 heavy (non-hydrogen) atoms. The van der Waals surface area contributed by atoms with Gasteiger partial charge in [-0.1, -0.05) is 153 Å². The highest BCUT2D eigenvalue weighted by Crippen LogP contribution is 2.43. The van der Waals surface area contributed by atoms with Gasteiger partial charge in [0.05, 0.1) is 27.7 Å². The SMILES string of the molecule is CCCCCCCCCC/C=C\C/C=C\CCC(=O)OC(COC(=O)CC/C=C\CCCCCCCCCCCC)COP(=O)(O)OCC[N+](C)(C)C. The van der Waals surface area contributed by atoms with E-state index in [4.69, 9.17) is 18.5 Å². The van der Waals surface area contributed by atoms with Crippen LogP contribution in [0.15, 0.2) is 36.5 Å². The number of nitrogens with zero attached hydrogens (tertiary/aromatic N) is 1. The first-order valence-corrected chi connectivity index (χ1v) is 22.7. The fourth-order valence-corrected chi connectivity index (χ4v) is 6.30. The third-order valence-electron chi connectivity index (χ3n) is 8.92. The van der Waals surface area contributed by atoms with Crippen LogP contribution in [-0.4, -0.2) is 74.9 Å². The second-order valence-electron chi connectivity index (χ2n) is 15.4. The summed E-state index contributed by atoms with van der Waals surface area (Å²) in [5, 5.41) is 0. The lowest BCUT2D eigenvalue weighted by Gasteiger charge is -2.24. The molecule has 0 aromatic carbocycles. The normalized spacial score (nSPS) is 14.0. The molecule has 0 radical (unpaired) electrons. The van der Waals surface area contributed by atoms with Crippen LogP contribution in [0.5, 0.6) is 0 Å². The molecule has 0 aromatic heterocycles. The number of hydrogen-bond acceptors (Lipinski definition) is 7. The van der Waals surface area contributed by atoms with Gasteiger partial charge in [0.2, 0.25) is 0 Å². The van der Waals surface area contributed by atoms with Crippen molar-refractivity contribution in [3.8, 4) is 0 Å². The highest BCUT2D eigenvalue weighted by atomic mass is 31.2. The Morgan fingerprint density at radius 3 is 1.53 bits per heavy atom. The molecule has 1 N–H and O–H groups in total. The van der Waals surface area contributed by atoms with Crippen molar-refractivity contribution in [1.29, 1.82) is 0 Å². The predicted octanol–water partition coefficient (Wildman–Crippen LogP) is 11.7. The van der Waals surface area contributed by atoms with Gasteiger partial charge in [0.25, 0.3) is 0 Å². The monoisotopic (exact) mass is 771 g/mol. The average Bonchev–Trinajstić information content (AvgIpc) is 3.10. The van der Waals surface area contributed by atoms with Crippen molar-refractivity contribution in [1.82, 2.24) is 0 Å². The third kappa shape index (κ3) is 39.7. The Kier molecular flexibility index (Phi) is 34.7. The molecule has 0 fully saturated rings. The van der Waals surface area contributed by atoms with Gasteiger partial charge in [-0.25, -0.2) is 4.57 Å². The topological polar surface area (TPSA) is 108 Å². The number of hydrogen-bond donors (Lipinski definition) is 1. The molecule has 0 aliphatic carbocycles. The Balaban J connectivity index is 4.50. The van der Waals surface area contributed by atoms with Crippen LogP contribution in [0.1, 0.15) is 174 Å². The lowest BCUT2D eigenvalue weighted by Crippen LogP contribution is -2.37. The van der Waals surface area contributed by atoms with Crippen molar-refractivity contribution in [2.75, 3.05) is 47.5 Å². The number of carbonyl (C=O) groups excluding carboxylic acids is 2. The van der Waals surface area contributed by atoms with Crippen molar-refractivity contribution < 1.29 is 42.1 Å². The first-order valence-electron chi connectivity index (χ1n) is 21.2. The smallest absolute Gasteiger partial charge is 0.462 e. The molecule has 0 amide bonds. The zero-order valence-electron chi connectivity index (χ0n) is 34.7. The summed E-state index contributed by atoms with van der Waals surface area (Å²) < 4.78 is 34.1. The van der Waals surface area contributed by atoms with Crippen LogP contribution in [0, 0.1) is 0 Å². The minimum absolute atomic E-state index is 0.0180. The summed E-state index contributed by atoms with van der Waals surface area (Å²) in [6.07, 6.45) is 39.4. The largest absolute Gasteiger partial charge is 0.472 e. The minimum atomic E-state index is -4.39. The van der Waals surface area contributed by atoms with Gasteiger partial charge in [0.1, 0.15) is 19.8 Å². The summed E-state index contributed by atoms with van der Waals surface area (Å²) in [6.45, 7) is 4.31. The number of ether oxygens (including phenoxy) is 2. The van der Waals surface area contributed by atoms with E-state index in [0.29, 0.717) is 23.9 Å². The highest BCUT2D eigenvalue weighted by molar-refractivity contribution is 7.47. The molecule has 2 unspecified atom stereocenters. The Morgan fingerprint density at radius 2 is 1.02 bits per heavy atom. The van der Waals surface area contributed by atoms with Gasteiger partial charge in [0.15, 0.2) is 6.10 Å². The molecule has 2 atom stereocenters. The second kappa shape index (κ2) is 35.9. The van der Waals surface area contributed by atoms with Crippen molar-refractivity contribution in [2.45, 2.75) is 180 Å². The zero-order chi connectivity index (χ0) is 39.3. The Morgan fingerprint density at radius 1 is 0.585 bits per heavy atom. The lowest BCUT2D eigenvalue weighted by atomic mass is 10.1. The Bertz CT molecular complexity index is 1010. The standard InChI is InChI=1S/C43H80NO8P/c1-6-8-10-12-14-16-18-20-22-24-26-28-30-32-34-36-43(46)52-41(40-51-53(47,48)50-38-37-44(3,4)5)39-49-42(45)35-33-31-29-27-25-23-21-19-17-15-13-11-9-7-2/h24,26,29-32,41H,6-23,25,27-28,33-40H2,1-5H3/p+1/b26-24-,31-29-,32-30-. The van der Waals surface area contributed by atoms with Crippen molar-refractivity contribution in [3.63, 3.8) is 0 Å². The number of phosphoric acid groups is 1. The van der Waals surface area contributed by atoms with Crippen molar-refractivity contribution in [3.05, 3.63) is 36.5 Å². The first kappa shape index (κ1) is 51.2. The third-order valence-corrected chi connectivity index (χ3v) is 9.90. The molecule has 9 nitrogen and oxygen atoms in total. The second-order valence-corrected chi connectivity index (χ2v) is 16.8. The molecule has 0 heterocycles. The number of rotatable bonds is 38. The van der Waals surface area contributed by atoms with Crippen LogP contribution >= 0.6 is 7.82 Å². The summed E-state index contributed by atoms with van der Waals surface area (Å²) >= 11 is 0. The molecule has 310 valence electrons. The molecule has 0 bridgehead atoms. The van der Waals surface area contributed by atoms with Gasteiger partial charge in [-0.15, -0.1) is 0 Å². The van der Waals surface area contributed by atoms with E-state index in [2.05, 4.69) is 32.1 Å². The first-order chi connectivity index (χ1) is 25.5. The number of esters is 2. The molecule has 0 saturated heterocycles. The molecular formula is C43H81NO8P+. The summed E-state index contributed by atoms with van der Waals surface area (Å²) in [6, 6.07) is 0. The van der Waals surface area contributed by atoms with E-state index >= 15 is 0 Å². The summed E-state index contributed by atoms with van der Waals surface area (Å²) in [7, 11) is 1.43. The highest BCUT2D eigenvalue weighted by Gasteiger charge is 2.27. The molecule has 0 rings (SSSR count). The summed E-state index contributed by atoms with van der Waals surface area (Å²) in [5.74, 6) is -0.933. The number of unbranched alkanes of at least 4 members (excludes halogenated alkanes) is 18. The van der Waals surface area contributed by atoms with E-state index < -0.39 is 32.5 Å². The maximum atomic E-state index is 12.6. The van der Waals surface area contributed by atoms with Crippen molar-refractivity contribution >= 4 is 19.8 Å². The molecule has 0 aromatic rings. The van der Waals surface area contributed by atoms with E-state index in [9.17, 15) is 19.0 Å². The van der Waals surface area contributed by atoms with Crippen LogP contribution in [0.2, 0.25) is 0 Å². The maximum Gasteiger partial charge on any atom is 0.472 e. The molecule has 10 heteroatoms. The molecule has 0 spiro atoms. The number of quaternary nitrogens is 1. The van der Waals surface area contributed by atoms with Crippen LogP contribution < -0.4 is 0 Å². The number of carbonyl (C=O) groups is 2. The summed E-state index contributed by atoms with van der Waals surface area (Å²) in [5.41, 5.74) is 0. The minimum Gasteiger partial charge on any atom is -0.462 e. The number of phosphoric ester groups is 1. The van der Waals surface area contributed by atoms with Gasteiger partial charge < -0.3 is 18.9 Å². The van der Waals surface area contributed by atoms with Gasteiger partial charge >= 0.3 is 19.8 Å². The molecule has 0 aliphatic heterocycles. The van der Waals surface area contributed by atoms with Crippen LogP contribution in [-0.2, 0) is 32.7 Å². The van der Waals surface area contributed by atoms with Crippen LogP contribution in [0.4, 0.5) is 0 Å².